The second-order valence-corrected chi connectivity index (χ2v) is 4.94. The first-order chi connectivity index (χ1) is 8.88. The maximum Gasteiger partial charge on any atom is 0.405 e. The van der Waals surface area contributed by atoms with Gasteiger partial charge in [-0.3, -0.25) is 4.98 Å². The Kier molecular flexibility index (Phi) is 4.04. The third-order valence-electron chi connectivity index (χ3n) is 2.35. The number of fused-ring (bicyclic) bond motifs is 1. The molecule has 0 fully saturated rings. The van der Waals surface area contributed by atoms with Gasteiger partial charge in [-0.25, -0.2) is 9.97 Å². The number of hydrogen-bond acceptors (Lipinski definition) is 5. The van der Waals surface area contributed by atoms with Crippen LogP contribution in [0.3, 0.4) is 0 Å². The van der Waals surface area contributed by atoms with Crippen molar-refractivity contribution >= 4 is 39.4 Å². The van der Waals surface area contributed by atoms with E-state index in [0.29, 0.717) is 5.52 Å². The van der Waals surface area contributed by atoms with Gasteiger partial charge in [0.1, 0.15) is 6.04 Å². The normalized spacial score (nSPS) is 13.5. The van der Waals surface area contributed by atoms with Crippen LogP contribution in [0.25, 0.3) is 10.9 Å². The van der Waals surface area contributed by atoms with E-state index in [1.54, 1.807) is 12.4 Å². The zero-order valence-corrected chi connectivity index (χ0v) is 11.6. The van der Waals surface area contributed by atoms with Gasteiger partial charge in [-0.2, -0.15) is 13.2 Å². The molecule has 5 nitrogen and oxygen atoms in total. The molecule has 0 amide bonds. The first-order valence-corrected chi connectivity index (χ1v) is 6.28. The second-order valence-electron chi connectivity index (χ2n) is 3.78. The number of nitrogens with one attached hydrogen (secondary N) is 1. The fraction of sp³-hybridized carbons (Fsp3) is 0.300. The first-order valence-electron chi connectivity index (χ1n) is 5.20. The van der Waals surface area contributed by atoms with Crippen LogP contribution in [0.15, 0.2) is 18.6 Å². The van der Waals surface area contributed by atoms with E-state index in [0.717, 1.165) is 8.96 Å². The highest BCUT2D eigenvalue weighted by Gasteiger charge is 2.36. The van der Waals surface area contributed by atoms with Crippen molar-refractivity contribution in [3.05, 3.63) is 22.2 Å². The molecule has 2 rings (SSSR count). The number of aromatic nitrogens is 3. The summed E-state index contributed by atoms with van der Waals surface area (Å²) in [7, 11) is 0. The fourth-order valence-electron chi connectivity index (χ4n) is 1.32. The fourth-order valence-corrected chi connectivity index (χ4v) is 1.92. The highest BCUT2D eigenvalue weighted by molar-refractivity contribution is 14.1. The Morgan fingerprint density at radius 2 is 2.05 bits per heavy atom. The third-order valence-corrected chi connectivity index (χ3v) is 3.13. The van der Waals surface area contributed by atoms with Gasteiger partial charge in [0, 0.05) is 30.5 Å². The lowest BCUT2D eigenvalue weighted by Gasteiger charge is -2.15. The Hall–Kier alpha value is -1.23. The summed E-state index contributed by atoms with van der Waals surface area (Å²) in [6, 6.07) is -1.96. The van der Waals surface area contributed by atoms with Gasteiger partial charge >= 0.3 is 6.18 Å². The molecule has 2 aromatic heterocycles. The van der Waals surface area contributed by atoms with Gasteiger partial charge in [-0.1, -0.05) is 0 Å². The minimum atomic E-state index is -4.44. The lowest BCUT2D eigenvalue weighted by Crippen LogP contribution is -2.43. The summed E-state index contributed by atoms with van der Waals surface area (Å²) >= 11 is 2.04. The Labute approximate surface area is 120 Å². The second kappa shape index (κ2) is 5.41. The molecule has 102 valence electrons. The van der Waals surface area contributed by atoms with Crippen LogP contribution in [-0.2, 0) is 0 Å². The van der Waals surface area contributed by atoms with Gasteiger partial charge in [0.15, 0.2) is 0 Å². The summed E-state index contributed by atoms with van der Waals surface area (Å²) in [5.74, 6) is 0.108. The van der Waals surface area contributed by atoms with E-state index < -0.39 is 18.8 Å². The maximum absolute atomic E-state index is 12.3. The predicted molar refractivity (Wildman–Crippen MR) is 72.6 cm³/mol. The van der Waals surface area contributed by atoms with Crippen molar-refractivity contribution in [1.29, 1.82) is 0 Å². The lowest BCUT2D eigenvalue weighted by molar-refractivity contribution is -0.144. The van der Waals surface area contributed by atoms with Gasteiger partial charge in [0.25, 0.3) is 0 Å². The third kappa shape index (κ3) is 3.41. The van der Waals surface area contributed by atoms with E-state index in [-0.39, 0.29) is 5.95 Å². The zero-order valence-electron chi connectivity index (χ0n) is 9.45. The molecule has 1 atom stereocenters. The van der Waals surface area contributed by atoms with Crippen LogP contribution in [-0.4, -0.2) is 33.7 Å². The van der Waals surface area contributed by atoms with Crippen LogP contribution >= 0.6 is 22.6 Å². The average molecular weight is 383 g/mol. The molecule has 1 unspecified atom stereocenters. The zero-order chi connectivity index (χ0) is 14.0. The monoisotopic (exact) mass is 383 g/mol. The molecule has 2 heterocycles. The highest BCUT2D eigenvalue weighted by Crippen LogP contribution is 2.20. The van der Waals surface area contributed by atoms with Gasteiger partial charge in [-0.05, 0) is 22.6 Å². The van der Waals surface area contributed by atoms with E-state index in [9.17, 15) is 13.2 Å². The Morgan fingerprint density at radius 3 is 2.74 bits per heavy atom. The topological polar surface area (TPSA) is 76.7 Å². The molecule has 0 aliphatic heterocycles. The van der Waals surface area contributed by atoms with Crippen LogP contribution in [0.2, 0.25) is 0 Å². The van der Waals surface area contributed by atoms with E-state index >= 15 is 0 Å². The van der Waals surface area contributed by atoms with Crippen molar-refractivity contribution in [2.75, 3.05) is 11.9 Å². The molecule has 0 spiro atoms. The number of hydrogen-bond donors (Lipinski definition) is 2. The molecule has 0 saturated carbocycles. The Morgan fingerprint density at radius 1 is 1.32 bits per heavy atom. The van der Waals surface area contributed by atoms with Gasteiger partial charge < -0.3 is 11.1 Å². The van der Waals surface area contributed by atoms with Crippen molar-refractivity contribution in [2.45, 2.75) is 12.2 Å². The van der Waals surface area contributed by atoms with Crippen molar-refractivity contribution < 1.29 is 13.2 Å². The molecule has 3 N–H and O–H groups in total. The molecular formula is C10H9F3IN5. The van der Waals surface area contributed by atoms with Crippen LogP contribution in [0, 0.1) is 3.57 Å². The van der Waals surface area contributed by atoms with Crippen molar-refractivity contribution in [1.82, 2.24) is 15.0 Å². The van der Waals surface area contributed by atoms with Gasteiger partial charge in [-0.15, -0.1) is 0 Å². The van der Waals surface area contributed by atoms with Crippen LogP contribution < -0.4 is 11.1 Å². The largest absolute Gasteiger partial charge is 0.405 e. The smallest absolute Gasteiger partial charge is 0.352 e. The summed E-state index contributed by atoms with van der Waals surface area (Å²) in [5.41, 5.74) is 5.62. The molecular weight excluding hydrogens is 374 g/mol. The summed E-state index contributed by atoms with van der Waals surface area (Å²) in [6.45, 7) is -0.476. The number of nitrogens with zero attached hydrogens (tertiary/aromatic N) is 3. The minimum absolute atomic E-state index is 0.108. The molecule has 0 radical (unpaired) electrons. The summed E-state index contributed by atoms with van der Waals surface area (Å²) in [5, 5.41) is 3.20. The van der Waals surface area contributed by atoms with E-state index in [1.807, 2.05) is 22.6 Å². The number of rotatable bonds is 3. The van der Waals surface area contributed by atoms with Crippen LogP contribution in [0.5, 0.6) is 0 Å². The molecule has 0 aromatic carbocycles. The summed E-state index contributed by atoms with van der Waals surface area (Å²) < 4.78 is 37.6. The first kappa shape index (κ1) is 14.2. The number of alkyl halides is 3. The number of nitrogens with two attached hydrogens (primary N) is 1. The van der Waals surface area contributed by atoms with E-state index in [4.69, 9.17) is 5.73 Å². The van der Waals surface area contributed by atoms with Crippen molar-refractivity contribution in [2.24, 2.45) is 5.73 Å². The average Bonchev–Trinajstić information content (AvgIpc) is 2.35. The Bertz CT molecular complexity index is 589. The number of anilines is 1. The van der Waals surface area contributed by atoms with Crippen LogP contribution in [0.1, 0.15) is 0 Å². The quantitative estimate of drug-likeness (QED) is 0.793. The summed E-state index contributed by atoms with van der Waals surface area (Å²) in [4.78, 5) is 12.0. The molecule has 0 bridgehead atoms. The van der Waals surface area contributed by atoms with Crippen molar-refractivity contribution in [3.8, 4) is 0 Å². The van der Waals surface area contributed by atoms with Gasteiger partial charge in [0.2, 0.25) is 5.95 Å². The molecule has 2 aromatic rings. The van der Waals surface area contributed by atoms with E-state index in [1.165, 1.54) is 6.20 Å². The lowest BCUT2D eigenvalue weighted by atomic mass is 10.3. The maximum atomic E-state index is 12.3. The minimum Gasteiger partial charge on any atom is -0.352 e. The highest BCUT2D eigenvalue weighted by atomic mass is 127. The Balaban J connectivity index is 2.16. The number of pyridine rings is 1. The standard InChI is InChI=1S/C10H9F3IN5/c11-10(12,13)7(15)4-18-9-17-2-5-1-16-3-6(14)8(5)19-9/h1-3,7H,4,15H2,(H,17,18,19). The molecule has 0 aliphatic rings. The van der Waals surface area contributed by atoms with E-state index in [2.05, 4.69) is 20.3 Å². The molecule has 0 aliphatic carbocycles. The number of halogens is 4. The SMILES string of the molecule is NC(CNc1ncc2cncc(I)c2n1)C(F)(F)F. The predicted octanol–water partition coefficient (Wildman–Crippen LogP) is 1.93. The van der Waals surface area contributed by atoms with Gasteiger partial charge in [0.05, 0.1) is 9.09 Å². The van der Waals surface area contributed by atoms with Crippen molar-refractivity contribution in [3.63, 3.8) is 0 Å². The summed E-state index contributed by atoms with van der Waals surface area (Å²) in [6.07, 6.45) is 0.255. The molecule has 0 saturated heterocycles. The molecule has 19 heavy (non-hydrogen) atoms. The van der Waals surface area contributed by atoms with Crippen LogP contribution in [0.4, 0.5) is 19.1 Å². The molecule has 9 heteroatoms.